The summed E-state index contributed by atoms with van der Waals surface area (Å²) in [4.78, 5) is 19.1. The molecule has 0 bridgehead atoms. The highest BCUT2D eigenvalue weighted by atomic mass is 16.5. The Bertz CT molecular complexity index is 976. The van der Waals surface area contributed by atoms with E-state index in [1.165, 1.54) is 0 Å². The van der Waals surface area contributed by atoms with E-state index in [9.17, 15) is 4.79 Å². The lowest BCUT2D eigenvalue weighted by Crippen LogP contribution is -2.27. The minimum atomic E-state index is -0.119. The van der Waals surface area contributed by atoms with Gasteiger partial charge in [-0.15, -0.1) is 0 Å². The summed E-state index contributed by atoms with van der Waals surface area (Å²) >= 11 is 0. The number of carbonyl (C=O) groups is 1. The molecule has 1 amide bonds. The quantitative estimate of drug-likeness (QED) is 0.727. The van der Waals surface area contributed by atoms with E-state index in [0.29, 0.717) is 23.9 Å². The number of rotatable bonds is 6. The zero-order chi connectivity index (χ0) is 19.0. The first kappa shape index (κ1) is 17.3. The molecule has 1 aliphatic carbocycles. The number of imidazole rings is 1. The summed E-state index contributed by atoms with van der Waals surface area (Å²) in [5.41, 5.74) is 4.07. The van der Waals surface area contributed by atoms with Gasteiger partial charge in [-0.1, -0.05) is 12.1 Å². The predicted octanol–water partition coefficient (Wildman–Crippen LogP) is 2.57. The third-order valence-electron chi connectivity index (χ3n) is 4.71. The zero-order valence-electron chi connectivity index (χ0n) is 15.8. The Balaban J connectivity index is 1.63. The van der Waals surface area contributed by atoms with Crippen LogP contribution in [0.5, 0.6) is 5.75 Å². The van der Waals surface area contributed by atoms with Crippen LogP contribution in [0.4, 0.5) is 5.69 Å². The number of nitrogens with one attached hydrogen (secondary N) is 1. The highest BCUT2D eigenvalue weighted by Crippen LogP contribution is 2.24. The summed E-state index contributed by atoms with van der Waals surface area (Å²) in [7, 11) is 3.67. The van der Waals surface area contributed by atoms with Crippen molar-refractivity contribution in [2.75, 3.05) is 19.1 Å². The molecule has 2 aromatic heterocycles. The van der Waals surface area contributed by atoms with Gasteiger partial charge in [-0.05, 0) is 43.5 Å². The Morgan fingerprint density at radius 3 is 2.74 bits per heavy atom. The third kappa shape index (κ3) is 3.58. The number of hydrogen-bond acceptors (Lipinski definition) is 5. The van der Waals surface area contributed by atoms with Gasteiger partial charge in [0.2, 0.25) is 0 Å². The minimum absolute atomic E-state index is 0.119. The molecule has 0 radical (unpaired) electrons. The van der Waals surface area contributed by atoms with Gasteiger partial charge in [0.15, 0.2) is 11.3 Å². The van der Waals surface area contributed by atoms with Gasteiger partial charge in [0.05, 0.1) is 24.7 Å². The van der Waals surface area contributed by atoms with Crippen molar-refractivity contribution in [1.82, 2.24) is 19.9 Å². The van der Waals surface area contributed by atoms with E-state index in [1.807, 2.05) is 44.3 Å². The summed E-state index contributed by atoms with van der Waals surface area (Å²) in [6.45, 7) is 2.63. The molecule has 0 unspecified atom stereocenters. The molecule has 0 spiro atoms. The molecule has 27 heavy (non-hydrogen) atoms. The lowest BCUT2D eigenvalue weighted by molar-refractivity contribution is 0.0944. The Labute approximate surface area is 158 Å². The fourth-order valence-corrected chi connectivity index (χ4v) is 3.08. The molecule has 0 aliphatic heterocycles. The Morgan fingerprint density at radius 2 is 2.07 bits per heavy atom. The van der Waals surface area contributed by atoms with Crippen LogP contribution in [0.25, 0.3) is 5.65 Å². The number of ether oxygens (including phenoxy) is 1. The molecular formula is C20H23N5O2. The Kier molecular flexibility index (Phi) is 4.43. The largest absolute Gasteiger partial charge is 0.497 e. The monoisotopic (exact) mass is 365 g/mol. The molecule has 2 heterocycles. The van der Waals surface area contributed by atoms with E-state index in [1.54, 1.807) is 17.8 Å². The van der Waals surface area contributed by atoms with Crippen LogP contribution < -0.4 is 15.0 Å². The number of carbonyl (C=O) groups excluding carboxylic acids is 1. The van der Waals surface area contributed by atoms with Crippen molar-refractivity contribution in [3.05, 3.63) is 53.5 Å². The molecule has 7 heteroatoms. The number of fused-ring (bicyclic) bond motifs is 1. The van der Waals surface area contributed by atoms with E-state index in [-0.39, 0.29) is 5.91 Å². The standard InChI is InChI=1S/C20H23N5O2/c1-13-10-17(24(2)12-14-4-8-16(27-3)9-5-14)19-21-11-18(25(19)23-13)20(26)22-15-6-7-15/h4-5,8-11,15H,6-7,12H2,1-3H3,(H,22,26). The first-order valence-corrected chi connectivity index (χ1v) is 9.05. The lowest BCUT2D eigenvalue weighted by Gasteiger charge is -2.20. The SMILES string of the molecule is COc1ccc(CN(C)c2cc(C)nn3c(C(=O)NC4CC4)cnc23)cc1. The number of nitrogens with zero attached hydrogens (tertiary/aromatic N) is 4. The molecule has 1 saturated carbocycles. The van der Waals surface area contributed by atoms with Gasteiger partial charge in [0.25, 0.3) is 5.91 Å². The second-order valence-electron chi connectivity index (χ2n) is 7.00. The highest BCUT2D eigenvalue weighted by Gasteiger charge is 2.26. The number of aromatic nitrogens is 3. The first-order chi connectivity index (χ1) is 13.0. The molecular weight excluding hydrogens is 342 g/mol. The maximum atomic E-state index is 12.5. The highest BCUT2D eigenvalue weighted by molar-refractivity contribution is 5.94. The maximum Gasteiger partial charge on any atom is 0.271 e. The van der Waals surface area contributed by atoms with Crippen LogP contribution in [0.1, 0.15) is 34.6 Å². The van der Waals surface area contributed by atoms with Crippen LogP contribution in [-0.4, -0.2) is 40.7 Å². The van der Waals surface area contributed by atoms with Crippen molar-refractivity contribution in [1.29, 1.82) is 0 Å². The first-order valence-electron chi connectivity index (χ1n) is 9.05. The Hall–Kier alpha value is -3.09. The number of hydrogen-bond donors (Lipinski definition) is 1. The molecule has 1 aromatic carbocycles. The molecule has 4 rings (SSSR count). The van der Waals surface area contributed by atoms with Gasteiger partial charge in [-0.2, -0.15) is 5.10 Å². The number of benzene rings is 1. The van der Waals surface area contributed by atoms with Crippen molar-refractivity contribution < 1.29 is 9.53 Å². The van der Waals surface area contributed by atoms with Gasteiger partial charge in [-0.25, -0.2) is 9.50 Å². The molecule has 7 nitrogen and oxygen atoms in total. The van der Waals surface area contributed by atoms with E-state index >= 15 is 0 Å². The summed E-state index contributed by atoms with van der Waals surface area (Å²) in [5.74, 6) is 0.718. The van der Waals surface area contributed by atoms with Crippen molar-refractivity contribution >= 4 is 17.2 Å². The van der Waals surface area contributed by atoms with Crippen LogP contribution in [0.2, 0.25) is 0 Å². The topological polar surface area (TPSA) is 71.8 Å². The van der Waals surface area contributed by atoms with Gasteiger partial charge in [0, 0.05) is 19.6 Å². The molecule has 1 fully saturated rings. The number of anilines is 1. The normalized spacial score (nSPS) is 13.6. The second kappa shape index (κ2) is 6.90. The molecule has 3 aromatic rings. The smallest absolute Gasteiger partial charge is 0.271 e. The number of aryl methyl sites for hydroxylation is 1. The van der Waals surface area contributed by atoms with Crippen molar-refractivity contribution in [3.8, 4) is 5.75 Å². The number of methoxy groups -OCH3 is 1. The average Bonchev–Trinajstić information content (AvgIpc) is 3.37. The summed E-state index contributed by atoms with van der Waals surface area (Å²) < 4.78 is 6.86. The van der Waals surface area contributed by atoms with E-state index in [4.69, 9.17) is 4.74 Å². The Morgan fingerprint density at radius 1 is 1.33 bits per heavy atom. The van der Waals surface area contributed by atoms with E-state index in [2.05, 4.69) is 20.3 Å². The second-order valence-corrected chi connectivity index (χ2v) is 7.00. The fourth-order valence-electron chi connectivity index (χ4n) is 3.08. The maximum absolute atomic E-state index is 12.5. The molecule has 140 valence electrons. The summed E-state index contributed by atoms with van der Waals surface area (Å²) in [6.07, 6.45) is 3.69. The van der Waals surface area contributed by atoms with E-state index in [0.717, 1.165) is 35.5 Å². The van der Waals surface area contributed by atoms with Gasteiger partial charge in [-0.3, -0.25) is 4.79 Å². The van der Waals surface area contributed by atoms with Crippen molar-refractivity contribution in [2.24, 2.45) is 0 Å². The van der Waals surface area contributed by atoms with Crippen LogP contribution >= 0.6 is 0 Å². The van der Waals surface area contributed by atoms with E-state index < -0.39 is 0 Å². The fraction of sp³-hybridized carbons (Fsp3) is 0.350. The summed E-state index contributed by atoms with van der Waals surface area (Å²) in [6, 6.07) is 10.3. The summed E-state index contributed by atoms with van der Waals surface area (Å²) in [5, 5.41) is 7.51. The average molecular weight is 365 g/mol. The zero-order valence-corrected chi connectivity index (χ0v) is 15.8. The van der Waals surface area contributed by atoms with Gasteiger partial charge < -0.3 is 15.0 Å². The molecule has 0 saturated heterocycles. The lowest BCUT2D eigenvalue weighted by atomic mass is 10.2. The van der Waals surface area contributed by atoms with Crippen LogP contribution in [0, 0.1) is 6.92 Å². The minimum Gasteiger partial charge on any atom is -0.497 e. The molecule has 1 N–H and O–H groups in total. The van der Waals surface area contributed by atoms with Crippen LogP contribution in [0.3, 0.4) is 0 Å². The van der Waals surface area contributed by atoms with Crippen molar-refractivity contribution in [3.63, 3.8) is 0 Å². The molecule has 0 atom stereocenters. The van der Waals surface area contributed by atoms with Crippen molar-refractivity contribution in [2.45, 2.75) is 32.4 Å². The van der Waals surface area contributed by atoms with Crippen LogP contribution in [0.15, 0.2) is 36.5 Å². The van der Waals surface area contributed by atoms with Crippen LogP contribution in [-0.2, 0) is 6.54 Å². The predicted molar refractivity (Wildman–Crippen MR) is 103 cm³/mol. The van der Waals surface area contributed by atoms with Gasteiger partial charge in [0.1, 0.15) is 5.75 Å². The third-order valence-corrected chi connectivity index (χ3v) is 4.71. The molecule has 1 aliphatic rings. The number of amides is 1. The van der Waals surface area contributed by atoms with Gasteiger partial charge >= 0.3 is 0 Å².